The van der Waals surface area contributed by atoms with Gasteiger partial charge in [0.05, 0.1) is 25.5 Å². The van der Waals surface area contributed by atoms with Gasteiger partial charge in [-0.25, -0.2) is 9.36 Å². The van der Waals surface area contributed by atoms with Crippen molar-refractivity contribution in [2.75, 3.05) is 13.2 Å². The van der Waals surface area contributed by atoms with E-state index >= 15 is 0 Å². The highest BCUT2D eigenvalue weighted by molar-refractivity contribution is 7.47. The molecule has 1 aromatic carbocycles. The zero-order chi connectivity index (χ0) is 25.3. The van der Waals surface area contributed by atoms with Gasteiger partial charge in [-0.3, -0.25) is 23.4 Å². The summed E-state index contributed by atoms with van der Waals surface area (Å²) in [6.45, 7) is -0.409. The quantitative estimate of drug-likeness (QED) is 0.258. The minimum absolute atomic E-state index is 0.0561. The number of nitrogens with one attached hydrogen (secondary N) is 1. The zero-order valence-electron chi connectivity index (χ0n) is 19.4. The first-order valence-electron chi connectivity index (χ1n) is 11.8. The monoisotopic (exact) mass is 514 g/mol. The number of nitrogens with zero attached hydrogens (tertiary/aromatic N) is 1. The lowest BCUT2D eigenvalue weighted by atomic mass is 10.1. The largest absolute Gasteiger partial charge is 0.472 e. The van der Waals surface area contributed by atoms with Crippen molar-refractivity contribution in [1.82, 2.24) is 9.55 Å². The van der Waals surface area contributed by atoms with Gasteiger partial charge < -0.3 is 14.7 Å². The van der Waals surface area contributed by atoms with Crippen molar-refractivity contribution in [2.24, 2.45) is 0 Å². The summed E-state index contributed by atoms with van der Waals surface area (Å²) in [5.41, 5.74) is -0.724. The van der Waals surface area contributed by atoms with Crippen molar-refractivity contribution in [1.29, 1.82) is 0 Å². The van der Waals surface area contributed by atoms with Gasteiger partial charge in [-0.15, -0.1) is 0 Å². The number of benzene rings is 1. The van der Waals surface area contributed by atoms with Crippen LogP contribution in [0.4, 0.5) is 4.39 Å². The van der Waals surface area contributed by atoms with Crippen LogP contribution in [0.5, 0.6) is 0 Å². The van der Waals surface area contributed by atoms with Crippen molar-refractivity contribution in [3.8, 4) is 0 Å². The van der Waals surface area contributed by atoms with Gasteiger partial charge in [0.1, 0.15) is 12.3 Å². The predicted octanol–water partition coefficient (Wildman–Crippen LogP) is 3.04. The molecule has 1 saturated heterocycles. The van der Waals surface area contributed by atoms with E-state index in [-0.39, 0.29) is 13.0 Å². The molecule has 1 aliphatic rings. The molecule has 3 rings (SSSR count). The van der Waals surface area contributed by atoms with Gasteiger partial charge in [0.15, 0.2) is 0 Å². The number of aliphatic hydroxyl groups is 1. The van der Waals surface area contributed by atoms with E-state index in [1.165, 1.54) is 5.56 Å². The Morgan fingerprint density at radius 3 is 2.51 bits per heavy atom. The molecule has 194 valence electrons. The third kappa shape index (κ3) is 8.79. The van der Waals surface area contributed by atoms with Crippen LogP contribution in [0.15, 0.2) is 46.1 Å². The van der Waals surface area contributed by atoms with Crippen molar-refractivity contribution >= 4 is 7.82 Å². The van der Waals surface area contributed by atoms with E-state index in [0.29, 0.717) is 12.6 Å². The van der Waals surface area contributed by atoms with E-state index in [1.54, 1.807) is 4.98 Å². The molecule has 12 heteroatoms. The molecule has 0 radical (unpaired) electrons. The highest BCUT2D eigenvalue weighted by Crippen LogP contribution is 2.44. The Morgan fingerprint density at radius 2 is 1.77 bits per heavy atom. The average molecular weight is 514 g/mol. The second-order valence-electron chi connectivity index (χ2n) is 8.53. The molecular weight excluding hydrogens is 482 g/mol. The molecule has 2 aromatic rings. The van der Waals surface area contributed by atoms with Crippen LogP contribution in [0.1, 0.15) is 56.7 Å². The number of aromatic amines is 1. The Labute approximate surface area is 202 Å². The number of aryl methyl sites for hydroxylation is 1. The second-order valence-corrected chi connectivity index (χ2v) is 9.98. The number of hydrogen-bond donors (Lipinski definition) is 3. The summed E-state index contributed by atoms with van der Waals surface area (Å²) in [6.07, 6.45) is 4.22. The first-order valence-corrected chi connectivity index (χ1v) is 13.2. The van der Waals surface area contributed by atoms with E-state index in [1.807, 2.05) is 18.2 Å². The Hall–Kier alpha value is -2.14. The van der Waals surface area contributed by atoms with Gasteiger partial charge >= 0.3 is 13.5 Å². The first kappa shape index (κ1) is 27.4. The van der Waals surface area contributed by atoms with E-state index < -0.39 is 49.9 Å². The number of unbranched alkanes of at least 4 members (excludes halogenated alkanes) is 5. The van der Waals surface area contributed by atoms with Crippen LogP contribution in [0, 0.1) is 5.82 Å². The molecule has 1 aliphatic heterocycles. The van der Waals surface area contributed by atoms with Crippen LogP contribution >= 0.6 is 7.82 Å². The Morgan fingerprint density at radius 1 is 1.09 bits per heavy atom. The summed E-state index contributed by atoms with van der Waals surface area (Å²) < 4.78 is 41.8. The van der Waals surface area contributed by atoms with E-state index in [4.69, 9.17) is 13.8 Å². The van der Waals surface area contributed by atoms with Crippen LogP contribution in [-0.4, -0.2) is 45.0 Å². The van der Waals surface area contributed by atoms with Crippen molar-refractivity contribution < 1.29 is 32.7 Å². The fourth-order valence-electron chi connectivity index (χ4n) is 3.88. The number of hydrogen-bond acceptors (Lipinski definition) is 7. The number of H-pyrrole nitrogens is 1. The van der Waals surface area contributed by atoms with Crippen molar-refractivity contribution in [3.05, 3.63) is 68.7 Å². The van der Waals surface area contributed by atoms with Crippen LogP contribution in [0.25, 0.3) is 0 Å². The topological polar surface area (TPSA) is 140 Å². The molecule has 0 aliphatic carbocycles. The van der Waals surface area contributed by atoms with Crippen molar-refractivity contribution in [3.63, 3.8) is 0 Å². The molecule has 4 atom stereocenters. The summed E-state index contributed by atoms with van der Waals surface area (Å²) in [6, 6.07) is 10.3. The first-order chi connectivity index (χ1) is 16.7. The highest BCUT2D eigenvalue weighted by atomic mass is 31.2. The second kappa shape index (κ2) is 13.2. The lowest BCUT2D eigenvalue weighted by molar-refractivity contribution is -0.0468. The predicted molar refractivity (Wildman–Crippen MR) is 125 cm³/mol. The maximum absolute atomic E-state index is 13.5. The minimum atomic E-state index is -4.35. The Balaban J connectivity index is 1.29. The smallest absolute Gasteiger partial charge is 0.390 e. The number of halogens is 1. The average Bonchev–Trinajstić information content (AvgIpc) is 3.20. The Kier molecular flexibility index (Phi) is 10.4. The van der Waals surface area contributed by atoms with E-state index in [0.717, 1.165) is 43.1 Å². The van der Waals surface area contributed by atoms with Gasteiger partial charge in [-0.1, -0.05) is 56.0 Å². The van der Waals surface area contributed by atoms with Gasteiger partial charge in [-0.05, 0) is 24.8 Å². The number of phosphoric ester groups is 1. The molecular formula is C23H32FN2O8P. The lowest BCUT2D eigenvalue weighted by Crippen LogP contribution is -2.34. The fraction of sp³-hybridized carbons (Fsp3) is 0.565. The van der Waals surface area contributed by atoms with E-state index in [2.05, 4.69) is 12.1 Å². The van der Waals surface area contributed by atoms with Crippen molar-refractivity contribution in [2.45, 2.75) is 69.8 Å². The summed E-state index contributed by atoms with van der Waals surface area (Å²) in [4.78, 5) is 34.7. The molecule has 1 unspecified atom stereocenters. The molecule has 1 fully saturated rings. The van der Waals surface area contributed by atoms with Crippen LogP contribution < -0.4 is 11.2 Å². The minimum Gasteiger partial charge on any atom is -0.390 e. The summed E-state index contributed by atoms with van der Waals surface area (Å²) in [5.74, 6) is -1.18. The number of aromatic nitrogens is 2. The number of aliphatic hydroxyl groups excluding tert-OH is 1. The van der Waals surface area contributed by atoms with Crippen LogP contribution in [0.3, 0.4) is 0 Å². The van der Waals surface area contributed by atoms with Gasteiger partial charge in [-0.2, -0.15) is 4.39 Å². The van der Waals surface area contributed by atoms with Gasteiger partial charge in [0, 0.05) is 6.42 Å². The molecule has 10 nitrogen and oxygen atoms in total. The van der Waals surface area contributed by atoms with Gasteiger partial charge in [0.25, 0.3) is 5.56 Å². The third-order valence-electron chi connectivity index (χ3n) is 5.80. The lowest BCUT2D eigenvalue weighted by Gasteiger charge is -2.18. The maximum Gasteiger partial charge on any atom is 0.472 e. The van der Waals surface area contributed by atoms with Crippen LogP contribution in [0.2, 0.25) is 0 Å². The summed E-state index contributed by atoms with van der Waals surface area (Å²) >= 11 is 0. The normalized spacial score (nSPS) is 21.7. The van der Waals surface area contributed by atoms with Gasteiger partial charge in [0.2, 0.25) is 5.82 Å². The molecule has 35 heavy (non-hydrogen) atoms. The molecule has 0 bridgehead atoms. The fourth-order valence-corrected chi connectivity index (χ4v) is 4.65. The number of rotatable bonds is 14. The highest BCUT2D eigenvalue weighted by Gasteiger charge is 2.37. The number of ether oxygens (including phenoxy) is 1. The Bertz CT molecular complexity index is 1090. The molecule has 0 saturated carbocycles. The molecule has 1 aromatic heterocycles. The summed E-state index contributed by atoms with van der Waals surface area (Å²) in [7, 11) is -4.35. The molecule has 2 heterocycles. The third-order valence-corrected chi connectivity index (χ3v) is 6.78. The number of phosphoric acid groups is 1. The maximum atomic E-state index is 13.5. The van der Waals surface area contributed by atoms with E-state index in [9.17, 15) is 28.5 Å². The van der Waals surface area contributed by atoms with Crippen LogP contribution in [-0.2, 0) is 24.8 Å². The molecule has 0 amide bonds. The summed E-state index contributed by atoms with van der Waals surface area (Å²) in [5, 5.41) is 10.1. The molecule has 0 spiro atoms. The zero-order valence-corrected chi connectivity index (χ0v) is 20.3. The SMILES string of the molecule is O=c1[nH]c(=O)n([C@H]2C[C@H](O)[C@@H](COP(=O)(O)OCCCCCCCCc3ccccc3)O2)cc1F. The standard InChI is InChI=1S/C23H32FN2O8P/c24-18-15-26(23(29)25-22(18)28)21-14-19(27)20(34-21)16-33-35(30,31)32-13-9-4-2-1-3-6-10-17-11-7-5-8-12-17/h5,7-8,11-12,15,19-21,27H,1-4,6,9-10,13-14,16H2,(H,30,31)(H,25,28,29)/t19-,20+,21+/m0/s1. The molecule has 3 N–H and O–H groups in total.